The van der Waals surface area contributed by atoms with E-state index in [9.17, 15) is 0 Å². The molecule has 3 heterocycles. The summed E-state index contributed by atoms with van der Waals surface area (Å²) in [5.41, 5.74) is 7.68. The van der Waals surface area contributed by atoms with Gasteiger partial charge in [-0.3, -0.25) is 5.10 Å². The molecule has 3 aromatic heterocycles. The zero-order valence-corrected chi connectivity index (χ0v) is 9.06. The van der Waals surface area contributed by atoms with Crippen LogP contribution in [0.5, 0.6) is 5.88 Å². The van der Waals surface area contributed by atoms with Crippen LogP contribution in [-0.4, -0.2) is 32.3 Å². The third-order valence-corrected chi connectivity index (χ3v) is 2.38. The number of nitrogen functional groups attached to an aromatic ring is 1. The Kier molecular flexibility index (Phi) is 1.97. The highest BCUT2D eigenvalue weighted by Crippen LogP contribution is 2.20. The Morgan fingerprint density at radius 3 is 2.88 bits per heavy atom. The Morgan fingerprint density at radius 2 is 2.18 bits per heavy atom. The molecule has 0 radical (unpaired) electrons. The number of anilines is 1. The van der Waals surface area contributed by atoms with Gasteiger partial charge in [0, 0.05) is 12.1 Å². The molecule has 0 atom stereocenters. The van der Waals surface area contributed by atoms with E-state index in [1.807, 2.05) is 6.07 Å². The predicted molar refractivity (Wildman–Crippen MR) is 62.4 cm³/mol. The van der Waals surface area contributed by atoms with Gasteiger partial charge in [0.05, 0.1) is 12.6 Å². The number of rotatable bonds is 2. The van der Waals surface area contributed by atoms with Crippen molar-refractivity contribution >= 4 is 17.0 Å². The van der Waals surface area contributed by atoms with Gasteiger partial charge in [-0.15, -0.1) is 0 Å². The van der Waals surface area contributed by atoms with Crippen molar-refractivity contribution in [3.05, 3.63) is 18.2 Å². The number of hydrogen-bond acceptors (Lipinski definition) is 5. The summed E-state index contributed by atoms with van der Waals surface area (Å²) in [6.07, 6.45) is 0. The maximum atomic E-state index is 5.54. The van der Waals surface area contributed by atoms with Crippen LogP contribution in [0.4, 0.5) is 5.82 Å². The first-order valence-electron chi connectivity index (χ1n) is 4.98. The zero-order chi connectivity index (χ0) is 11.8. The minimum absolute atomic E-state index is 0.422. The maximum Gasteiger partial charge on any atom is 0.215 e. The lowest BCUT2D eigenvalue weighted by atomic mass is 10.4. The number of nitrogens with two attached hydrogens (primary N) is 1. The SMILES string of the molecule is COc1ccc2[nH]c(-c3cc(N)n[nH]3)nc2n1. The second-order valence-electron chi connectivity index (χ2n) is 3.52. The van der Waals surface area contributed by atoms with Crippen LogP contribution in [0, 0.1) is 0 Å². The van der Waals surface area contributed by atoms with Crippen LogP contribution in [0.1, 0.15) is 0 Å². The van der Waals surface area contributed by atoms with Crippen LogP contribution in [0.3, 0.4) is 0 Å². The lowest BCUT2D eigenvalue weighted by Crippen LogP contribution is -1.86. The highest BCUT2D eigenvalue weighted by Gasteiger charge is 2.09. The first-order valence-corrected chi connectivity index (χ1v) is 4.98. The number of aromatic amines is 2. The molecule has 3 rings (SSSR count). The summed E-state index contributed by atoms with van der Waals surface area (Å²) in [6, 6.07) is 5.33. The maximum absolute atomic E-state index is 5.54. The summed E-state index contributed by atoms with van der Waals surface area (Å²) in [4.78, 5) is 11.7. The number of aromatic nitrogens is 5. The minimum atomic E-state index is 0.422. The van der Waals surface area contributed by atoms with Gasteiger partial charge in [0.1, 0.15) is 11.5 Å². The monoisotopic (exact) mass is 230 g/mol. The molecule has 17 heavy (non-hydrogen) atoms. The summed E-state index contributed by atoms with van der Waals surface area (Å²) in [5.74, 6) is 1.59. The number of methoxy groups -OCH3 is 1. The molecule has 0 saturated heterocycles. The van der Waals surface area contributed by atoms with Crippen LogP contribution in [0.25, 0.3) is 22.7 Å². The minimum Gasteiger partial charge on any atom is -0.481 e. The molecule has 0 aliphatic carbocycles. The van der Waals surface area contributed by atoms with Crippen molar-refractivity contribution in [1.29, 1.82) is 0 Å². The Labute approximate surface area is 96.0 Å². The number of hydrogen-bond donors (Lipinski definition) is 3. The Balaban J connectivity index is 2.13. The van der Waals surface area contributed by atoms with Gasteiger partial charge in [-0.05, 0) is 6.07 Å². The van der Waals surface area contributed by atoms with Crippen LogP contribution in [-0.2, 0) is 0 Å². The number of nitrogens with one attached hydrogen (secondary N) is 2. The van der Waals surface area contributed by atoms with Gasteiger partial charge in [0.15, 0.2) is 11.5 Å². The summed E-state index contributed by atoms with van der Waals surface area (Å²) < 4.78 is 5.04. The number of H-pyrrole nitrogens is 2. The molecule has 0 spiro atoms. The van der Waals surface area contributed by atoms with Gasteiger partial charge < -0.3 is 15.5 Å². The molecular formula is C10H10N6O. The Hall–Kier alpha value is -2.57. The highest BCUT2D eigenvalue weighted by molar-refractivity contribution is 5.75. The third-order valence-electron chi connectivity index (χ3n) is 2.38. The summed E-state index contributed by atoms with van der Waals surface area (Å²) in [5, 5.41) is 6.63. The second kappa shape index (κ2) is 3.48. The number of nitrogens with zero attached hydrogens (tertiary/aromatic N) is 3. The molecule has 3 aromatic rings. The van der Waals surface area contributed by atoms with Gasteiger partial charge in [-0.1, -0.05) is 0 Å². The number of fused-ring (bicyclic) bond motifs is 1. The van der Waals surface area contributed by atoms with Crippen LogP contribution in [0.15, 0.2) is 18.2 Å². The molecule has 0 aliphatic rings. The zero-order valence-electron chi connectivity index (χ0n) is 9.06. The molecule has 7 heteroatoms. The predicted octanol–water partition coefficient (Wildman–Crippen LogP) is 0.939. The van der Waals surface area contributed by atoms with Crippen LogP contribution in [0.2, 0.25) is 0 Å². The standard InChI is InChI=1S/C10H10N6O/c1-17-8-3-2-5-9(13-8)14-10(12-5)6-4-7(11)16-15-6/h2-4H,1H3,(H3,11,15,16)(H,12,13,14). The van der Waals surface area contributed by atoms with Crippen molar-refractivity contribution < 1.29 is 4.74 Å². The molecule has 4 N–H and O–H groups in total. The largest absolute Gasteiger partial charge is 0.481 e. The van der Waals surface area contributed by atoms with E-state index in [1.165, 1.54) is 0 Å². The van der Waals surface area contributed by atoms with E-state index in [1.54, 1.807) is 19.2 Å². The van der Waals surface area contributed by atoms with Crippen molar-refractivity contribution in [1.82, 2.24) is 25.1 Å². The average Bonchev–Trinajstić information content (AvgIpc) is 2.93. The summed E-state index contributed by atoms with van der Waals surface area (Å²) in [7, 11) is 1.57. The number of imidazole rings is 1. The Bertz CT molecular complexity index is 670. The van der Waals surface area contributed by atoms with Gasteiger partial charge >= 0.3 is 0 Å². The quantitative estimate of drug-likeness (QED) is 0.607. The van der Waals surface area contributed by atoms with Crippen LogP contribution >= 0.6 is 0 Å². The van der Waals surface area contributed by atoms with E-state index in [0.717, 1.165) is 11.2 Å². The van der Waals surface area contributed by atoms with E-state index in [-0.39, 0.29) is 0 Å². The average molecular weight is 230 g/mol. The van der Waals surface area contributed by atoms with E-state index in [0.29, 0.717) is 23.2 Å². The van der Waals surface area contributed by atoms with E-state index < -0.39 is 0 Å². The molecule has 0 aliphatic heterocycles. The summed E-state index contributed by atoms with van der Waals surface area (Å²) >= 11 is 0. The number of ether oxygens (including phenoxy) is 1. The fourth-order valence-electron chi connectivity index (χ4n) is 1.57. The van der Waals surface area contributed by atoms with E-state index in [2.05, 4.69) is 25.1 Å². The topological polar surface area (TPSA) is 106 Å². The van der Waals surface area contributed by atoms with Gasteiger partial charge in [-0.25, -0.2) is 4.98 Å². The number of pyridine rings is 1. The van der Waals surface area contributed by atoms with E-state index >= 15 is 0 Å². The highest BCUT2D eigenvalue weighted by atomic mass is 16.5. The second-order valence-corrected chi connectivity index (χ2v) is 3.52. The van der Waals surface area contributed by atoms with Crippen molar-refractivity contribution in [2.24, 2.45) is 0 Å². The first-order chi connectivity index (χ1) is 8.26. The van der Waals surface area contributed by atoms with Crippen molar-refractivity contribution in [3.8, 4) is 17.4 Å². The lowest BCUT2D eigenvalue weighted by molar-refractivity contribution is 0.399. The molecule has 0 amide bonds. The molecule has 0 fully saturated rings. The molecule has 7 nitrogen and oxygen atoms in total. The molecule has 0 aromatic carbocycles. The molecule has 0 bridgehead atoms. The first kappa shape index (κ1) is 9.64. The van der Waals surface area contributed by atoms with Crippen molar-refractivity contribution in [2.75, 3.05) is 12.8 Å². The normalized spacial score (nSPS) is 10.9. The molecule has 86 valence electrons. The van der Waals surface area contributed by atoms with Gasteiger partial charge in [0.25, 0.3) is 0 Å². The van der Waals surface area contributed by atoms with Gasteiger partial charge in [0.2, 0.25) is 5.88 Å². The van der Waals surface area contributed by atoms with Gasteiger partial charge in [-0.2, -0.15) is 10.1 Å². The summed E-state index contributed by atoms with van der Waals surface area (Å²) in [6.45, 7) is 0. The fraction of sp³-hybridized carbons (Fsp3) is 0.100. The fourth-order valence-corrected chi connectivity index (χ4v) is 1.57. The van der Waals surface area contributed by atoms with Crippen molar-refractivity contribution in [2.45, 2.75) is 0 Å². The molecule has 0 saturated carbocycles. The molecular weight excluding hydrogens is 220 g/mol. The Morgan fingerprint density at radius 1 is 1.29 bits per heavy atom. The third kappa shape index (κ3) is 1.57. The van der Waals surface area contributed by atoms with Crippen LogP contribution < -0.4 is 10.5 Å². The van der Waals surface area contributed by atoms with E-state index in [4.69, 9.17) is 10.5 Å². The smallest absolute Gasteiger partial charge is 0.215 e. The molecule has 0 unspecified atom stereocenters. The lowest BCUT2D eigenvalue weighted by Gasteiger charge is -1.95. The van der Waals surface area contributed by atoms with Crippen molar-refractivity contribution in [3.63, 3.8) is 0 Å².